The Balaban J connectivity index is 1.21. The predicted molar refractivity (Wildman–Crippen MR) is 110 cm³/mol. The van der Waals surface area contributed by atoms with E-state index in [0.29, 0.717) is 17.5 Å². The Morgan fingerprint density at radius 3 is 2.52 bits per heavy atom. The van der Waals surface area contributed by atoms with Crippen molar-refractivity contribution in [1.29, 1.82) is 0 Å². The van der Waals surface area contributed by atoms with Gasteiger partial charge in [-0.2, -0.15) is 0 Å². The molecular formula is C22H33ClN2O2. The number of halogens is 1. The zero-order chi connectivity index (χ0) is 18.9. The molecule has 27 heavy (non-hydrogen) atoms. The molecule has 1 aliphatic heterocycles. The number of piperidine rings is 1. The molecule has 1 amide bonds. The largest absolute Gasteiger partial charge is 0.378 e. The molecule has 4 nitrogen and oxygen atoms in total. The van der Waals surface area contributed by atoms with Gasteiger partial charge in [-0.1, -0.05) is 23.7 Å². The molecule has 0 aromatic heterocycles. The minimum Gasteiger partial charge on any atom is -0.378 e. The Labute approximate surface area is 168 Å². The number of hydrogen-bond acceptors (Lipinski definition) is 3. The quantitative estimate of drug-likeness (QED) is 0.577. The smallest absolute Gasteiger partial charge is 0.226 e. The summed E-state index contributed by atoms with van der Waals surface area (Å²) in [5, 5.41) is 4.25. The van der Waals surface area contributed by atoms with Crippen LogP contribution >= 0.6 is 11.6 Å². The predicted octanol–water partition coefficient (Wildman–Crippen LogP) is 4.06. The molecule has 1 aliphatic carbocycles. The zero-order valence-corrected chi connectivity index (χ0v) is 17.1. The van der Waals surface area contributed by atoms with Gasteiger partial charge in [0.1, 0.15) is 0 Å². The lowest BCUT2D eigenvalue weighted by atomic mass is 10.1. The second-order valence-corrected chi connectivity index (χ2v) is 8.40. The second kappa shape index (κ2) is 11.0. The molecule has 3 rings (SSSR count). The lowest BCUT2D eigenvalue weighted by Crippen LogP contribution is -2.41. The maximum absolute atomic E-state index is 12.4. The van der Waals surface area contributed by atoms with Crippen LogP contribution in [0.1, 0.15) is 50.5 Å². The topological polar surface area (TPSA) is 41.6 Å². The van der Waals surface area contributed by atoms with Crippen LogP contribution in [0.15, 0.2) is 24.3 Å². The number of likely N-dealkylation sites (tertiary alicyclic amines) is 1. The molecule has 0 radical (unpaired) electrons. The van der Waals surface area contributed by atoms with E-state index >= 15 is 0 Å². The van der Waals surface area contributed by atoms with Crippen molar-refractivity contribution in [2.75, 3.05) is 32.8 Å². The molecule has 1 N–H and O–H groups in total. The van der Waals surface area contributed by atoms with Gasteiger partial charge in [-0.25, -0.2) is 0 Å². The molecule has 0 unspecified atom stereocenters. The average molecular weight is 393 g/mol. The number of nitrogens with one attached hydrogen (secondary N) is 1. The van der Waals surface area contributed by atoms with Crippen LogP contribution < -0.4 is 5.32 Å². The third-order valence-corrected chi connectivity index (χ3v) is 5.80. The Hall–Kier alpha value is -1.10. The van der Waals surface area contributed by atoms with Crippen LogP contribution in [0.4, 0.5) is 0 Å². The summed E-state index contributed by atoms with van der Waals surface area (Å²) in [7, 11) is 0. The number of unbranched alkanes of at least 4 members (excludes halogenated alkanes) is 2. The molecule has 1 aromatic rings. The Morgan fingerprint density at radius 2 is 1.81 bits per heavy atom. The molecule has 2 aliphatic rings. The van der Waals surface area contributed by atoms with Gasteiger partial charge in [0.15, 0.2) is 0 Å². The average Bonchev–Trinajstić information content (AvgIpc) is 3.50. The number of amides is 1. The molecule has 1 aromatic carbocycles. The van der Waals surface area contributed by atoms with Gasteiger partial charge >= 0.3 is 0 Å². The number of nitrogens with zero attached hydrogens (tertiary/aromatic N) is 1. The first-order valence-electron chi connectivity index (χ1n) is 10.6. The highest BCUT2D eigenvalue weighted by Gasteiger charge is 2.23. The van der Waals surface area contributed by atoms with Crippen LogP contribution in [0.25, 0.3) is 0 Å². The van der Waals surface area contributed by atoms with E-state index in [1.165, 1.54) is 32.2 Å². The molecule has 0 spiro atoms. The maximum Gasteiger partial charge on any atom is 0.226 e. The number of carbonyl (C=O) groups excluding carboxylic acids is 1. The number of ether oxygens (including phenoxy) is 1. The standard InChI is InChI=1S/C22H33ClN2O2/c23-20-8-6-18(7-9-20)16-22(26)25-13-10-21(11-14-25)27-15-3-1-2-12-24-17-19-4-5-19/h6-9,19,21,24H,1-5,10-17H2. The molecule has 1 heterocycles. The van der Waals surface area contributed by atoms with Crippen molar-refractivity contribution in [2.24, 2.45) is 5.92 Å². The normalized spacial score (nSPS) is 18.0. The summed E-state index contributed by atoms with van der Waals surface area (Å²) in [5.74, 6) is 1.17. The van der Waals surface area contributed by atoms with Crippen LogP contribution in [0.3, 0.4) is 0 Å². The van der Waals surface area contributed by atoms with E-state index in [1.54, 1.807) is 0 Å². The van der Waals surface area contributed by atoms with E-state index in [4.69, 9.17) is 16.3 Å². The first-order valence-corrected chi connectivity index (χ1v) is 10.9. The Morgan fingerprint density at radius 1 is 1.07 bits per heavy atom. The first kappa shape index (κ1) is 20.6. The molecule has 1 saturated heterocycles. The summed E-state index contributed by atoms with van der Waals surface area (Å²) in [4.78, 5) is 14.4. The van der Waals surface area contributed by atoms with Crippen molar-refractivity contribution in [3.8, 4) is 0 Å². The van der Waals surface area contributed by atoms with Crippen molar-refractivity contribution in [3.05, 3.63) is 34.9 Å². The lowest BCUT2D eigenvalue weighted by molar-refractivity contribution is -0.133. The summed E-state index contributed by atoms with van der Waals surface area (Å²) in [6, 6.07) is 7.54. The Bertz CT molecular complexity index is 566. The maximum atomic E-state index is 12.4. The molecule has 2 fully saturated rings. The summed E-state index contributed by atoms with van der Waals surface area (Å²) in [6.07, 6.45) is 9.14. The monoisotopic (exact) mass is 392 g/mol. The van der Waals surface area contributed by atoms with Crippen LogP contribution in [-0.2, 0) is 16.0 Å². The zero-order valence-electron chi connectivity index (χ0n) is 16.3. The lowest BCUT2D eigenvalue weighted by Gasteiger charge is -2.32. The number of hydrogen-bond donors (Lipinski definition) is 1. The third-order valence-electron chi connectivity index (χ3n) is 5.54. The van der Waals surface area contributed by atoms with E-state index in [0.717, 1.165) is 57.0 Å². The highest BCUT2D eigenvalue weighted by Crippen LogP contribution is 2.27. The first-order chi connectivity index (χ1) is 13.2. The number of benzene rings is 1. The van der Waals surface area contributed by atoms with Crippen LogP contribution in [-0.4, -0.2) is 49.7 Å². The second-order valence-electron chi connectivity index (χ2n) is 7.96. The minimum atomic E-state index is 0.203. The molecule has 5 heteroatoms. The van der Waals surface area contributed by atoms with E-state index < -0.39 is 0 Å². The molecular weight excluding hydrogens is 360 g/mol. The summed E-state index contributed by atoms with van der Waals surface area (Å²) in [5.41, 5.74) is 1.02. The fraction of sp³-hybridized carbons (Fsp3) is 0.682. The summed E-state index contributed by atoms with van der Waals surface area (Å²) >= 11 is 5.90. The minimum absolute atomic E-state index is 0.203. The van der Waals surface area contributed by atoms with Crippen LogP contribution in [0, 0.1) is 5.92 Å². The van der Waals surface area contributed by atoms with Crippen molar-refractivity contribution in [2.45, 2.75) is 57.5 Å². The van der Waals surface area contributed by atoms with Crippen molar-refractivity contribution in [1.82, 2.24) is 10.2 Å². The van der Waals surface area contributed by atoms with Gasteiger partial charge in [-0.3, -0.25) is 4.79 Å². The number of rotatable bonds is 11. The van der Waals surface area contributed by atoms with Gasteiger partial charge in [-0.15, -0.1) is 0 Å². The summed E-state index contributed by atoms with van der Waals surface area (Å²) < 4.78 is 6.02. The molecule has 1 saturated carbocycles. The summed E-state index contributed by atoms with van der Waals surface area (Å²) in [6.45, 7) is 4.83. The van der Waals surface area contributed by atoms with Gasteiger partial charge < -0.3 is 15.0 Å². The van der Waals surface area contributed by atoms with Crippen molar-refractivity contribution < 1.29 is 9.53 Å². The molecule has 0 atom stereocenters. The van der Waals surface area contributed by atoms with Crippen molar-refractivity contribution in [3.63, 3.8) is 0 Å². The Kier molecular flexibility index (Phi) is 8.43. The van der Waals surface area contributed by atoms with E-state index in [-0.39, 0.29) is 5.91 Å². The fourth-order valence-corrected chi connectivity index (χ4v) is 3.69. The van der Waals surface area contributed by atoms with Gasteiger partial charge in [-0.05, 0) is 81.6 Å². The molecule has 150 valence electrons. The van der Waals surface area contributed by atoms with E-state index in [2.05, 4.69) is 5.32 Å². The van der Waals surface area contributed by atoms with Gasteiger partial charge in [0.2, 0.25) is 5.91 Å². The van der Waals surface area contributed by atoms with Crippen molar-refractivity contribution >= 4 is 17.5 Å². The van der Waals surface area contributed by atoms with E-state index in [1.807, 2.05) is 29.2 Å². The van der Waals surface area contributed by atoms with Gasteiger partial charge in [0.05, 0.1) is 12.5 Å². The third kappa shape index (κ3) is 7.81. The van der Waals surface area contributed by atoms with E-state index in [9.17, 15) is 4.79 Å². The van der Waals surface area contributed by atoms with Crippen LogP contribution in [0.5, 0.6) is 0 Å². The SMILES string of the molecule is O=C(Cc1ccc(Cl)cc1)N1CCC(OCCCCCNCC2CC2)CC1. The highest BCUT2D eigenvalue weighted by molar-refractivity contribution is 6.30. The van der Waals surface area contributed by atoms with Gasteiger partial charge in [0, 0.05) is 24.7 Å². The fourth-order valence-electron chi connectivity index (χ4n) is 3.57. The van der Waals surface area contributed by atoms with Crippen LogP contribution in [0.2, 0.25) is 5.02 Å². The number of carbonyl (C=O) groups is 1. The highest BCUT2D eigenvalue weighted by atomic mass is 35.5. The van der Waals surface area contributed by atoms with Gasteiger partial charge in [0.25, 0.3) is 0 Å². The molecule has 0 bridgehead atoms.